The van der Waals surface area contributed by atoms with Gasteiger partial charge in [-0.15, -0.1) is 10.2 Å². The number of carbonyl (C=O) groups is 1. The zero-order chi connectivity index (χ0) is 20.2. The van der Waals surface area contributed by atoms with Gasteiger partial charge in [-0.25, -0.2) is 0 Å². The molecule has 4 rings (SSSR count). The second-order valence-electron chi connectivity index (χ2n) is 7.01. The Morgan fingerprint density at radius 2 is 2.00 bits per heavy atom. The molecule has 0 radical (unpaired) electrons. The maximum absolute atomic E-state index is 12.7. The third-order valence-electron chi connectivity index (χ3n) is 5.08. The Kier molecular flexibility index (Phi) is 5.85. The summed E-state index contributed by atoms with van der Waals surface area (Å²) in [5, 5.41) is 11.4. The lowest BCUT2D eigenvalue weighted by molar-refractivity contribution is -0.121. The molecule has 0 bridgehead atoms. The number of aromatic nitrogens is 2. The van der Waals surface area contributed by atoms with Crippen molar-refractivity contribution in [2.45, 2.75) is 42.7 Å². The Labute approximate surface area is 174 Å². The van der Waals surface area contributed by atoms with E-state index in [-0.39, 0.29) is 17.2 Å². The number of methoxy groups -OCH3 is 1. The van der Waals surface area contributed by atoms with Crippen molar-refractivity contribution in [2.24, 2.45) is 0 Å². The van der Waals surface area contributed by atoms with E-state index in [1.165, 1.54) is 22.9 Å². The summed E-state index contributed by atoms with van der Waals surface area (Å²) in [6, 6.07) is 15.8. The van der Waals surface area contributed by atoms with Crippen LogP contribution in [-0.2, 0) is 11.2 Å². The number of hydrogen-bond donors (Lipinski definition) is 1. The highest BCUT2D eigenvalue weighted by Crippen LogP contribution is 2.31. The number of benzene rings is 2. The van der Waals surface area contributed by atoms with Crippen molar-refractivity contribution in [1.82, 2.24) is 15.5 Å². The summed E-state index contributed by atoms with van der Waals surface area (Å²) in [6.07, 6.45) is 3.11. The fourth-order valence-electron chi connectivity index (χ4n) is 3.51. The Morgan fingerprint density at radius 3 is 2.79 bits per heavy atom. The number of rotatable bonds is 6. The van der Waals surface area contributed by atoms with Gasteiger partial charge in [0.05, 0.1) is 18.4 Å². The van der Waals surface area contributed by atoms with E-state index in [0.717, 1.165) is 30.6 Å². The molecule has 0 unspecified atom stereocenters. The van der Waals surface area contributed by atoms with Gasteiger partial charge in [0.2, 0.25) is 11.8 Å². The third kappa shape index (κ3) is 4.45. The number of ether oxygens (including phenoxy) is 1. The van der Waals surface area contributed by atoms with Crippen LogP contribution in [0.3, 0.4) is 0 Å². The Hall–Kier alpha value is -2.80. The van der Waals surface area contributed by atoms with E-state index < -0.39 is 0 Å². The summed E-state index contributed by atoms with van der Waals surface area (Å²) in [5.41, 5.74) is 3.36. The molecule has 3 aromatic rings. The van der Waals surface area contributed by atoms with Gasteiger partial charge < -0.3 is 14.5 Å². The minimum absolute atomic E-state index is 0.0269. The van der Waals surface area contributed by atoms with Crippen LogP contribution in [0.5, 0.6) is 5.75 Å². The average molecular weight is 410 g/mol. The zero-order valence-electron chi connectivity index (χ0n) is 16.4. The molecule has 2 aromatic carbocycles. The summed E-state index contributed by atoms with van der Waals surface area (Å²) in [7, 11) is 1.62. The van der Waals surface area contributed by atoms with Gasteiger partial charge in [0.25, 0.3) is 5.22 Å². The van der Waals surface area contributed by atoms with E-state index in [1.807, 2.05) is 37.3 Å². The fraction of sp³-hybridized carbons (Fsp3) is 0.318. The van der Waals surface area contributed by atoms with Crippen LogP contribution in [0.4, 0.5) is 0 Å². The first-order valence-electron chi connectivity index (χ1n) is 9.67. The van der Waals surface area contributed by atoms with Crippen molar-refractivity contribution in [2.75, 3.05) is 7.11 Å². The number of fused-ring (bicyclic) bond motifs is 1. The molecular weight excluding hydrogens is 386 g/mol. The Balaban J connectivity index is 1.39. The number of hydrogen-bond acceptors (Lipinski definition) is 6. The molecular formula is C22H23N3O3S. The fourth-order valence-corrected chi connectivity index (χ4v) is 4.20. The van der Waals surface area contributed by atoms with E-state index in [2.05, 4.69) is 33.7 Å². The third-order valence-corrected chi connectivity index (χ3v) is 6.01. The highest BCUT2D eigenvalue weighted by molar-refractivity contribution is 8.00. The second-order valence-corrected chi connectivity index (χ2v) is 8.31. The van der Waals surface area contributed by atoms with Crippen molar-refractivity contribution in [3.05, 3.63) is 59.7 Å². The van der Waals surface area contributed by atoms with Crippen LogP contribution in [-0.4, -0.2) is 28.5 Å². The monoisotopic (exact) mass is 409 g/mol. The second kappa shape index (κ2) is 8.69. The minimum Gasteiger partial charge on any atom is -0.497 e. The maximum atomic E-state index is 12.7. The van der Waals surface area contributed by atoms with Crippen molar-refractivity contribution in [3.63, 3.8) is 0 Å². The number of amides is 1. The lowest BCUT2D eigenvalue weighted by atomic mass is 9.88. The van der Waals surface area contributed by atoms with Crippen LogP contribution in [0.15, 0.2) is 58.2 Å². The van der Waals surface area contributed by atoms with Gasteiger partial charge in [0, 0.05) is 5.56 Å². The van der Waals surface area contributed by atoms with Gasteiger partial charge in [-0.3, -0.25) is 4.79 Å². The predicted octanol–water partition coefficient (Wildman–Crippen LogP) is 4.42. The largest absolute Gasteiger partial charge is 0.497 e. The first-order valence-corrected chi connectivity index (χ1v) is 10.5. The molecule has 0 aliphatic heterocycles. The standard InChI is InChI=1S/C22H23N3O3S/c1-14(20(26)23-19-9-5-7-15-6-3-4-8-18(15)19)29-22-25-24-21(28-22)16-10-12-17(27-2)13-11-16/h3-4,6,8,10-14,19H,5,7,9H2,1-2H3,(H,23,26)/t14-,19-/m1/s1. The smallest absolute Gasteiger partial charge is 0.277 e. The van der Waals surface area contributed by atoms with Crippen LogP contribution >= 0.6 is 11.8 Å². The van der Waals surface area contributed by atoms with Crippen molar-refractivity contribution in [1.29, 1.82) is 0 Å². The number of carbonyl (C=O) groups excluding carboxylic acids is 1. The van der Waals surface area contributed by atoms with Gasteiger partial charge in [-0.1, -0.05) is 36.0 Å². The summed E-state index contributed by atoms with van der Waals surface area (Å²) in [6.45, 7) is 1.85. The molecule has 0 saturated carbocycles. The molecule has 0 spiro atoms. The number of nitrogens with one attached hydrogen (secondary N) is 1. The molecule has 1 aliphatic rings. The topological polar surface area (TPSA) is 77.2 Å². The Morgan fingerprint density at radius 1 is 1.21 bits per heavy atom. The van der Waals surface area contributed by atoms with Crippen LogP contribution < -0.4 is 10.1 Å². The molecule has 0 saturated heterocycles. The number of thioether (sulfide) groups is 1. The van der Waals surface area contributed by atoms with E-state index in [9.17, 15) is 4.79 Å². The quantitative estimate of drug-likeness (QED) is 0.607. The highest BCUT2D eigenvalue weighted by atomic mass is 32.2. The molecule has 150 valence electrons. The SMILES string of the molecule is COc1ccc(-c2nnc(S[C@H](C)C(=O)N[C@@H]3CCCc4ccccc43)o2)cc1. The van der Waals surface area contributed by atoms with Crippen LogP contribution in [0.1, 0.15) is 36.9 Å². The molecule has 1 heterocycles. The van der Waals surface area contributed by atoms with Crippen molar-refractivity contribution < 1.29 is 13.9 Å². The van der Waals surface area contributed by atoms with E-state index >= 15 is 0 Å². The molecule has 29 heavy (non-hydrogen) atoms. The summed E-state index contributed by atoms with van der Waals surface area (Å²) in [5.74, 6) is 1.15. The Bertz CT molecular complexity index is 987. The molecule has 7 heteroatoms. The van der Waals surface area contributed by atoms with Gasteiger partial charge in [0.15, 0.2) is 0 Å². The number of nitrogens with zero attached hydrogens (tertiary/aromatic N) is 2. The average Bonchev–Trinajstić information content (AvgIpc) is 3.22. The van der Waals surface area contributed by atoms with E-state index in [0.29, 0.717) is 11.1 Å². The van der Waals surface area contributed by atoms with E-state index in [1.54, 1.807) is 7.11 Å². The van der Waals surface area contributed by atoms with Crippen molar-refractivity contribution in [3.8, 4) is 17.2 Å². The summed E-state index contributed by atoms with van der Waals surface area (Å²) < 4.78 is 10.9. The minimum atomic E-state index is -0.340. The first kappa shape index (κ1) is 19.5. The van der Waals surface area contributed by atoms with Gasteiger partial charge in [0.1, 0.15) is 5.75 Å². The van der Waals surface area contributed by atoms with Gasteiger partial charge in [-0.2, -0.15) is 0 Å². The van der Waals surface area contributed by atoms with E-state index in [4.69, 9.17) is 9.15 Å². The normalized spacial score (nSPS) is 16.7. The van der Waals surface area contributed by atoms with Crippen molar-refractivity contribution >= 4 is 17.7 Å². The molecule has 6 nitrogen and oxygen atoms in total. The van der Waals surface area contributed by atoms with Gasteiger partial charge in [-0.05, 0) is 61.6 Å². The molecule has 1 aliphatic carbocycles. The zero-order valence-corrected chi connectivity index (χ0v) is 17.2. The summed E-state index contributed by atoms with van der Waals surface area (Å²) >= 11 is 1.27. The predicted molar refractivity (Wildman–Crippen MR) is 112 cm³/mol. The molecule has 1 aromatic heterocycles. The molecule has 0 fully saturated rings. The van der Waals surface area contributed by atoms with Gasteiger partial charge >= 0.3 is 0 Å². The molecule has 2 atom stereocenters. The highest BCUT2D eigenvalue weighted by Gasteiger charge is 2.25. The lowest BCUT2D eigenvalue weighted by Crippen LogP contribution is -2.35. The number of aryl methyl sites for hydroxylation is 1. The van der Waals surface area contributed by atoms with Crippen LogP contribution in [0, 0.1) is 0 Å². The molecule has 1 N–H and O–H groups in total. The summed E-state index contributed by atoms with van der Waals surface area (Å²) in [4.78, 5) is 12.7. The molecule has 1 amide bonds. The van der Waals surface area contributed by atoms with Crippen LogP contribution in [0.2, 0.25) is 0 Å². The first-order chi connectivity index (χ1) is 14.1. The van der Waals surface area contributed by atoms with Crippen LogP contribution in [0.25, 0.3) is 11.5 Å². The maximum Gasteiger partial charge on any atom is 0.277 e. The lowest BCUT2D eigenvalue weighted by Gasteiger charge is -2.27.